The van der Waals surface area contributed by atoms with Crippen LogP contribution < -0.4 is 15.2 Å². The van der Waals surface area contributed by atoms with Crippen molar-refractivity contribution in [1.82, 2.24) is 0 Å². The summed E-state index contributed by atoms with van der Waals surface area (Å²) in [6, 6.07) is 68.6. The topological polar surface area (TPSA) is 151 Å². The standard InChI is InChI=1S/2C11H10.C9H6F6.C8H8O2.C7H6F2.2C7H7NO2.C7H9N.C7H8O/c1-9-5-4-7-10-6-2-3-8-11(9)10;1-9-6-7-10-4-2-3-5-11(10)8-9;1-5-2-6(8(10,11)12)4-7(3-5)9(13,14)15;1-6-2-3-7-8(4-6)10-5-9-7;1-5-2-3-6(8)4-7(5)9;1-6-2-4-7(5-3-6)8(9)10;1-6-4-2-3-5-7(6)8(9)10;2*1-6-2-4-7(8)5-3-6/h2*2-8H,1H3;2-4H,1H3;2-4H,5H2,1H3;2-4H,1H3;2*2-5H,1H3;2-5H,8H2,1H3;2-5,8H,1H3. The minimum atomic E-state index is -4.76. The van der Waals surface area contributed by atoms with Gasteiger partial charge in [-0.15, -0.1) is 0 Å². The van der Waals surface area contributed by atoms with Gasteiger partial charge in [0.25, 0.3) is 11.4 Å². The number of hydrogen-bond acceptors (Lipinski definition) is 8. The molecule has 0 radical (unpaired) electrons. The van der Waals surface area contributed by atoms with E-state index in [1.165, 1.54) is 86.6 Å². The molecule has 11 aromatic rings. The van der Waals surface area contributed by atoms with E-state index in [0.717, 1.165) is 28.8 Å². The van der Waals surface area contributed by atoms with Crippen LogP contribution in [0, 0.1) is 94.2 Å². The van der Waals surface area contributed by atoms with Gasteiger partial charge in [-0.25, -0.2) is 8.78 Å². The van der Waals surface area contributed by atoms with E-state index >= 15 is 0 Å². The maximum Gasteiger partial charge on any atom is 0.416 e. The predicted molar refractivity (Wildman–Crippen MR) is 351 cm³/mol. The normalized spacial score (nSPS) is 10.6. The number of nitro benzene ring substituents is 2. The van der Waals surface area contributed by atoms with Crippen molar-refractivity contribution in [1.29, 1.82) is 0 Å². The maximum atomic E-state index is 12.3. The molecule has 0 atom stereocenters. The smallest absolute Gasteiger partial charge is 0.416 e. The highest BCUT2D eigenvalue weighted by Gasteiger charge is 2.36. The first-order valence-electron chi connectivity index (χ1n) is 28.3. The lowest BCUT2D eigenvalue weighted by Gasteiger charge is -2.12. The lowest BCUT2D eigenvalue weighted by molar-refractivity contribution is -0.385. The van der Waals surface area contributed by atoms with Crippen molar-refractivity contribution in [3.63, 3.8) is 0 Å². The molecule has 92 heavy (non-hydrogen) atoms. The third kappa shape index (κ3) is 26.6. The number of phenolic OH excluding ortho intramolecular Hbond substituents is 1. The Morgan fingerprint density at radius 3 is 1.38 bits per heavy atom. The van der Waals surface area contributed by atoms with Crippen LogP contribution in [0.3, 0.4) is 0 Å². The molecule has 480 valence electrons. The van der Waals surface area contributed by atoms with Crippen molar-refractivity contribution in [3.05, 3.63) is 330 Å². The number of rotatable bonds is 2. The van der Waals surface area contributed by atoms with Gasteiger partial charge in [0, 0.05) is 35.5 Å². The highest BCUT2D eigenvalue weighted by molar-refractivity contribution is 5.85. The molecule has 1 heterocycles. The fraction of sp³-hybridized carbons (Fsp3) is 0.162. The minimum Gasteiger partial charge on any atom is -0.508 e. The fourth-order valence-electron chi connectivity index (χ4n) is 7.92. The largest absolute Gasteiger partial charge is 0.508 e. The molecule has 0 spiro atoms. The first-order chi connectivity index (χ1) is 43.4. The molecule has 12 rings (SSSR count). The summed E-state index contributed by atoms with van der Waals surface area (Å²) in [4.78, 5) is 19.6. The number of alkyl halides is 6. The van der Waals surface area contributed by atoms with Crippen molar-refractivity contribution in [2.75, 3.05) is 12.5 Å². The molecule has 18 heteroatoms. The molecule has 0 aliphatic carbocycles. The SMILES string of the molecule is Cc1cc(C(F)(F)F)cc(C(F)(F)F)c1.Cc1ccc(F)cc1F.Cc1ccc(N)cc1.Cc1ccc(O)cc1.Cc1ccc([N+](=O)[O-])cc1.Cc1ccc2c(c1)OCO2.Cc1ccc2ccccc2c1.Cc1cccc2ccccc12.Cc1ccccc1[N+](=O)[O-]. The van der Waals surface area contributed by atoms with Gasteiger partial charge in [0.2, 0.25) is 6.79 Å². The van der Waals surface area contributed by atoms with Crippen LogP contribution in [0.2, 0.25) is 0 Å². The Bertz CT molecular complexity index is 3980. The van der Waals surface area contributed by atoms with E-state index < -0.39 is 40.0 Å². The third-order valence-corrected chi connectivity index (χ3v) is 13.0. The van der Waals surface area contributed by atoms with Crippen LogP contribution in [-0.2, 0) is 12.4 Å². The average molecular weight is 1270 g/mol. The first-order valence-corrected chi connectivity index (χ1v) is 28.3. The van der Waals surface area contributed by atoms with E-state index in [1.54, 1.807) is 56.3 Å². The Morgan fingerprint density at radius 1 is 0.413 bits per heavy atom. The Hall–Kier alpha value is -10.6. The molecular weight excluding hydrogens is 1190 g/mol. The lowest BCUT2D eigenvalue weighted by Crippen LogP contribution is -2.11. The van der Waals surface area contributed by atoms with Crippen LogP contribution in [0.1, 0.15) is 61.2 Å². The number of fused-ring (bicyclic) bond motifs is 3. The number of phenols is 1. The minimum absolute atomic E-state index is 0.0721. The number of ether oxygens (including phenoxy) is 2. The monoisotopic (exact) mass is 1270 g/mol. The number of nitro groups is 2. The molecule has 1 aliphatic rings. The zero-order valence-electron chi connectivity index (χ0n) is 52.1. The molecule has 10 nitrogen and oxygen atoms in total. The number of anilines is 1. The molecule has 0 amide bonds. The van der Waals surface area contributed by atoms with E-state index in [0.29, 0.717) is 35.8 Å². The molecule has 0 aromatic heterocycles. The van der Waals surface area contributed by atoms with Crippen LogP contribution in [0.15, 0.2) is 237 Å². The summed E-state index contributed by atoms with van der Waals surface area (Å²) in [6.45, 7) is 17.1. The summed E-state index contributed by atoms with van der Waals surface area (Å²) >= 11 is 0. The van der Waals surface area contributed by atoms with Crippen LogP contribution in [0.25, 0.3) is 21.5 Å². The van der Waals surface area contributed by atoms with E-state index in [1.807, 2.05) is 82.3 Å². The summed E-state index contributed by atoms with van der Waals surface area (Å²) in [7, 11) is 0. The molecule has 3 N–H and O–H groups in total. The van der Waals surface area contributed by atoms with Gasteiger partial charge >= 0.3 is 12.4 Å². The molecule has 0 bridgehead atoms. The van der Waals surface area contributed by atoms with Gasteiger partial charge in [-0.3, -0.25) is 20.2 Å². The Balaban J connectivity index is 0.000000222. The lowest BCUT2D eigenvalue weighted by atomic mass is 10.1. The third-order valence-electron chi connectivity index (χ3n) is 13.0. The Kier molecular flexibility index (Phi) is 29.0. The van der Waals surface area contributed by atoms with Crippen LogP contribution in [0.5, 0.6) is 17.2 Å². The van der Waals surface area contributed by atoms with Gasteiger partial charge in [0.15, 0.2) is 11.5 Å². The Morgan fingerprint density at radius 2 is 0.880 bits per heavy atom. The van der Waals surface area contributed by atoms with Crippen LogP contribution >= 0.6 is 0 Å². The summed E-state index contributed by atoms with van der Waals surface area (Å²) in [5.41, 5.74) is 12.4. The second kappa shape index (κ2) is 36.1. The Labute approximate surface area is 530 Å². The van der Waals surface area contributed by atoms with E-state index in [9.17, 15) is 55.4 Å². The summed E-state index contributed by atoms with van der Waals surface area (Å²) in [5, 5.41) is 34.4. The molecule has 1 aliphatic heterocycles. The first kappa shape index (κ1) is 73.8. The van der Waals surface area contributed by atoms with Gasteiger partial charge in [-0.2, -0.15) is 26.3 Å². The van der Waals surface area contributed by atoms with Gasteiger partial charge in [0.1, 0.15) is 17.4 Å². The zero-order valence-corrected chi connectivity index (χ0v) is 52.1. The number of benzene rings is 11. The zero-order chi connectivity index (χ0) is 68.1. The van der Waals surface area contributed by atoms with Gasteiger partial charge in [-0.05, 0) is 167 Å². The number of hydrogen-bond donors (Lipinski definition) is 2. The van der Waals surface area contributed by atoms with E-state index in [2.05, 4.69) is 98.8 Å². The molecule has 0 unspecified atom stereocenters. The number of halogens is 8. The van der Waals surface area contributed by atoms with Crippen molar-refractivity contribution in [2.24, 2.45) is 0 Å². The number of aromatic hydroxyl groups is 1. The summed E-state index contributed by atoms with van der Waals surface area (Å²) < 4.78 is 108. The summed E-state index contributed by atoms with van der Waals surface area (Å²) in [6.07, 6.45) is -9.52. The molecule has 11 aromatic carbocycles. The predicted octanol–water partition coefficient (Wildman–Crippen LogP) is 21.4. The highest BCUT2D eigenvalue weighted by atomic mass is 19.4. The average Bonchev–Trinajstić information content (AvgIpc) is 1.25. The number of nitrogens with zero attached hydrogens (tertiary/aromatic N) is 2. The van der Waals surface area contributed by atoms with Gasteiger partial charge in [-0.1, -0.05) is 174 Å². The second-order valence-electron chi connectivity index (χ2n) is 20.9. The van der Waals surface area contributed by atoms with Crippen molar-refractivity contribution < 1.29 is 59.6 Å². The number of nitrogens with two attached hydrogens (primary N) is 1. The second-order valence-corrected chi connectivity index (χ2v) is 20.9. The molecule has 0 fully saturated rings. The number of para-hydroxylation sites is 1. The molecular formula is C74H71F8N3O7. The van der Waals surface area contributed by atoms with Gasteiger partial charge < -0.3 is 20.3 Å². The van der Waals surface area contributed by atoms with Crippen molar-refractivity contribution >= 4 is 38.6 Å². The fourth-order valence-corrected chi connectivity index (χ4v) is 7.92. The van der Waals surface area contributed by atoms with E-state index in [-0.39, 0.29) is 27.9 Å². The summed E-state index contributed by atoms with van der Waals surface area (Å²) in [5.74, 6) is 1.02. The quantitative estimate of drug-likeness (QED) is 0.0751. The maximum absolute atomic E-state index is 12.3. The van der Waals surface area contributed by atoms with Gasteiger partial charge in [0.05, 0.1) is 21.0 Å². The highest BCUT2D eigenvalue weighted by Crippen LogP contribution is 2.36. The van der Waals surface area contributed by atoms with Crippen molar-refractivity contribution in [3.8, 4) is 17.2 Å². The number of non-ortho nitro benzene ring substituents is 1. The van der Waals surface area contributed by atoms with Crippen LogP contribution in [-0.4, -0.2) is 21.7 Å². The number of nitrogen functional groups attached to an aromatic ring is 1. The van der Waals surface area contributed by atoms with Crippen molar-refractivity contribution in [2.45, 2.75) is 74.7 Å². The molecule has 0 saturated carbocycles. The van der Waals surface area contributed by atoms with Crippen LogP contribution in [0.4, 0.5) is 52.2 Å². The molecule has 0 saturated heterocycles. The number of aryl methyl sites for hydroxylation is 9. The van der Waals surface area contributed by atoms with E-state index in [4.69, 9.17) is 20.3 Å².